The second-order valence-corrected chi connectivity index (χ2v) is 6.90. The summed E-state index contributed by atoms with van der Waals surface area (Å²) in [7, 11) is 0. The highest BCUT2D eigenvalue weighted by Crippen LogP contribution is 2.22. The van der Waals surface area contributed by atoms with Crippen molar-refractivity contribution in [3.8, 4) is 5.75 Å². The number of hydrogen-bond donors (Lipinski definition) is 1. The maximum absolute atomic E-state index is 12.5. The maximum Gasteiger partial charge on any atom is 0.303 e. The van der Waals surface area contributed by atoms with E-state index in [0.29, 0.717) is 26.1 Å². The summed E-state index contributed by atoms with van der Waals surface area (Å²) in [6.07, 6.45) is 5.52. The van der Waals surface area contributed by atoms with Gasteiger partial charge in [-0.2, -0.15) is 0 Å². The number of benzene rings is 1. The second-order valence-electron chi connectivity index (χ2n) is 6.90. The summed E-state index contributed by atoms with van der Waals surface area (Å²) in [5.41, 5.74) is 1.90. The quantitative estimate of drug-likeness (QED) is 0.813. The molecular formula is C21H24N2O4. The monoisotopic (exact) mass is 368 g/mol. The molecule has 27 heavy (non-hydrogen) atoms. The van der Waals surface area contributed by atoms with Gasteiger partial charge in [-0.15, -0.1) is 0 Å². The van der Waals surface area contributed by atoms with Crippen LogP contribution in [-0.2, 0) is 22.6 Å². The van der Waals surface area contributed by atoms with Crippen LogP contribution in [-0.4, -0.2) is 40.0 Å². The van der Waals surface area contributed by atoms with E-state index in [-0.39, 0.29) is 18.2 Å². The molecule has 2 aromatic rings. The Morgan fingerprint density at radius 2 is 1.93 bits per heavy atom. The van der Waals surface area contributed by atoms with Crippen molar-refractivity contribution < 1.29 is 19.4 Å². The van der Waals surface area contributed by atoms with E-state index in [1.54, 1.807) is 12.4 Å². The molecule has 1 amide bonds. The van der Waals surface area contributed by atoms with Gasteiger partial charge in [0.2, 0.25) is 5.91 Å². The summed E-state index contributed by atoms with van der Waals surface area (Å²) in [5.74, 6) is 0.219. The van der Waals surface area contributed by atoms with Gasteiger partial charge in [0.15, 0.2) is 0 Å². The first-order valence-electron chi connectivity index (χ1n) is 9.20. The van der Waals surface area contributed by atoms with Crippen LogP contribution in [0.4, 0.5) is 0 Å². The minimum Gasteiger partial charge on any atom is -0.489 e. The average molecular weight is 368 g/mol. The van der Waals surface area contributed by atoms with Crippen molar-refractivity contribution in [3.63, 3.8) is 0 Å². The Labute approximate surface area is 158 Å². The van der Waals surface area contributed by atoms with Gasteiger partial charge in [0, 0.05) is 37.5 Å². The van der Waals surface area contributed by atoms with Gasteiger partial charge in [0.25, 0.3) is 0 Å². The molecule has 1 aromatic heterocycles. The third-order valence-corrected chi connectivity index (χ3v) is 4.81. The molecule has 1 saturated heterocycles. The van der Waals surface area contributed by atoms with Crippen LogP contribution in [0, 0.1) is 5.92 Å². The number of aliphatic carboxylic acids is 1. The van der Waals surface area contributed by atoms with Crippen molar-refractivity contribution in [1.82, 2.24) is 9.88 Å². The number of piperidine rings is 1. The van der Waals surface area contributed by atoms with Crippen LogP contribution >= 0.6 is 0 Å². The molecule has 1 aliphatic heterocycles. The average Bonchev–Trinajstić information content (AvgIpc) is 2.67. The number of carbonyl (C=O) groups excluding carboxylic acids is 1. The van der Waals surface area contributed by atoms with Crippen LogP contribution in [0.5, 0.6) is 5.75 Å². The SMILES string of the molecule is O=C(O)CC1CCN(C(=O)Cc2cccc(OCc3cccnc3)c2)CC1. The molecule has 142 valence electrons. The molecule has 1 N–H and O–H groups in total. The molecule has 0 atom stereocenters. The lowest BCUT2D eigenvalue weighted by molar-refractivity contribution is -0.138. The number of ether oxygens (including phenoxy) is 1. The Kier molecular flexibility index (Phi) is 6.41. The molecule has 0 unspecified atom stereocenters. The fraction of sp³-hybridized carbons (Fsp3) is 0.381. The van der Waals surface area contributed by atoms with Crippen molar-refractivity contribution in [1.29, 1.82) is 0 Å². The van der Waals surface area contributed by atoms with Crippen molar-refractivity contribution in [2.24, 2.45) is 5.92 Å². The minimum absolute atomic E-state index is 0.0770. The van der Waals surface area contributed by atoms with Gasteiger partial charge in [0.05, 0.1) is 6.42 Å². The van der Waals surface area contributed by atoms with E-state index in [1.807, 2.05) is 41.3 Å². The second kappa shape index (κ2) is 9.16. The number of carboxylic acid groups (broad SMARTS) is 1. The van der Waals surface area contributed by atoms with Gasteiger partial charge in [-0.05, 0) is 42.5 Å². The van der Waals surface area contributed by atoms with E-state index < -0.39 is 5.97 Å². The molecule has 0 spiro atoms. The number of pyridine rings is 1. The van der Waals surface area contributed by atoms with E-state index >= 15 is 0 Å². The number of carboxylic acids is 1. The van der Waals surface area contributed by atoms with Gasteiger partial charge in [-0.1, -0.05) is 18.2 Å². The standard InChI is InChI=1S/C21H24N2O4/c24-20(23-9-6-16(7-10-23)13-21(25)26)12-17-3-1-5-19(11-17)27-15-18-4-2-8-22-14-18/h1-5,8,11,14,16H,6-7,9-10,12-13,15H2,(H,25,26). The Balaban J connectivity index is 1.50. The summed E-state index contributed by atoms with van der Waals surface area (Å²) < 4.78 is 5.79. The van der Waals surface area contributed by atoms with Gasteiger partial charge in [0.1, 0.15) is 12.4 Å². The Morgan fingerprint density at radius 1 is 1.15 bits per heavy atom. The van der Waals surface area contributed by atoms with Crippen LogP contribution in [0.25, 0.3) is 0 Å². The summed E-state index contributed by atoms with van der Waals surface area (Å²) in [5, 5.41) is 8.88. The third kappa shape index (κ3) is 5.81. The molecular weight excluding hydrogens is 344 g/mol. The molecule has 0 saturated carbocycles. The minimum atomic E-state index is -0.761. The summed E-state index contributed by atoms with van der Waals surface area (Å²) >= 11 is 0. The topological polar surface area (TPSA) is 79.7 Å². The lowest BCUT2D eigenvalue weighted by atomic mass is 9.93. The van der Waals surface area contributed by atoms with Crippen LogP contribution in [0.1, 0.15) is 30.4 Å². The summed E-state index contributed by atoms with van der Waals surface area (Å²) in [6, 6.07) is 11.4. The smallest absolute Gasteiger partial charge is 0.303 e. The van der Waals surface area contributed by atoms with Crippen molar-refractivity contribution in [3.05, 3.63) is 59.9 Å². The molecule has 2 heterocycles. The largest absolute Gasteiger partial charge is 0.489 e. The molecule has 0 bridgehead atoms. The number of nitrogens with zero attached hydrogens (tertiary/aromatic N) is 2. The van der Waals surface area contributed by atoms with Gasteiger partial charge >= 0.3 is 5.97 Å². The number of likely N-dealkylation sites (tertiary alicyclic amines) is 1. The van der Waals surface area contributed by atoms with E-state index in [4.69, 9.17) is 9.84 Å². The van der Waals surface area contributed by atoms with Crippen LogP contribution in [0.15, 0.2) is 48.8 Å². The molecule has 1 aliphatic rings. The highest BCUT2D eigenvalue weighted by molar-refractivity contribution is 5.79. The maximum atomic E-state index is 12.5. The van der Waals surface area contributed by atoms with E-state index in [9.17, 15) is 9.59 Å². The Hall–Kier alpha value is -2.89. The Bertz CT molecular complexity index is 771. The lowest BCUT2D eigenvalue weighted by Gasteiger charge is -2.31. The number of hydrogen-bond acceptors (Lipinski definition) is 4. The molecule has 6 nitrogen and oxygen atoms in total. The first-order valence-corrected chi connectivity index (χ1v) is 9.20. The summed E-state index contributed by atoms with van der Waals surface area (Å²) in [6.45, 7) is 1.70. The zero-order valence-corrected chi connectivity index (χ0v) is 15.2. The van der Waals surface area contributed by atoms with E-state index in [0.717, 1.165) is 29.7 Å². The van der Waals surface area contributed by atoms with Crippen LogP contribution in [0.3, 0.4) is 0 Å². The van der Waals surface area contributed by atoms with E-state index in [1.165, 1.54) is 0 Å². The fourth-order valence-corrected chi connectivity index (χ4v) is 3.32. The van der Waals surface area contributed by atoms with E-state index in [2.05, 4.69) is 4.98 Å². The van der Waals surface area contributed by atoms with Crippen LogP contribution < -0.4 is 4.74 Å². The molecule has 0 aliphatic carbocycles. The van der Waals surface area contributed by atoms with Crippen molar-refractivity contribution >= 4 is 11.9 Å². The number of rotatable bonds is 7. The normalized spacial score (nSPS) is 14.7. The Morgan fingerprint density at radius 3 is 2.63 bits per heavy atom. The molecule has 3 rings (SSSR count). The van der Waals surface area contributed by atoms with Gasteiger partial charge in [-0.3, -0.25) is 14.6 Å². The van der Waals surface area contributed by atoms with Crippen molar-refractivity contribution in [2.45, 2.75) is 32.3 Å². The number of amides is 1. The molecule has 1 fully saturated rings. The predicted molar refractivity (Wildman–Crippen MR) is 100 cm³/mol. The zero-order valence-electron chi connectivity index (χ0n) is 15.2. The summed E-state index contributed by atoms with van der Waals surface area (Å²) in [4.78, 5) is 29.3. The fourth-order valence-electron chi connectivity index (χ4n) is 3.32. The highest BCUT2D eigenvalue weighted by atomic mass is 16.5. The third-order valence-electron chi connectivity index (χ3n) is 4.81. The highest BCUT2D eigenvalue weighted by Gasteiger charge is 2.24. The van der Waals surface area contributed by atoms with Gasteiger partial charge in [-0.25, -0.2) is 0 Å². The number of carbonyl (C=O) groups is 2. The first-order chi connectivity index (χ1) is 13.1. The first kappa shape index (κ1) is 18.9. The number of aromatic nitrogens is 1. The zero-order chi connectivity index (χ0) is 19.1. The molecule has 1 aromatic carbocycles. The lowest BCUT2D eigenvalue weighted by Crippen LogP contribution is -2.39. The van der Waals surface area contributed by atoms with Crippen molar-refractivity contribution in [2.75, 3.05) is 13.1 Å². The van der Waals surface area contributed by atoms with Gasteiger partial charge < -0.3 is 14.7 Å². The molecule has 0 radical (unpaired) electrons. The van der Waals surface area contributed by atoms with Crippen LogP contribution in [0.2, 0.25) is 0 Å². The molecule has 6 heteroatoms. The predicted octanol–water partition coefficient (Wildman–Crippen LogP) is 2.92.